The summed E-state index contributed by atoms with van der Waals surface area (Å²) in [7, 11) is 0. The minimum Gasteiger partial charge on any atom is -0.339 e. The van der Waals surface area contributed by atoms with E-state index in [2.05, 4.69) is 15.5 Å². The van der Waals surface area contributed by atoms with Crippen molar-refractivity contribution in [1.29, 1.82) is 0 Å². The lowest BCUT2D eigenvalue weighted by atomic mass is 10.1. The highest BCUT2D eigenvalue weighted by Crippen LogP contribution is 2.22. The van der Waals surface area contributed by atoms with Crippen molar-refractivity contribution < 1.29 is 9.59 Å². The Morgan fingerprint density at radius 2 is 1.81 bits per heavy atom. The van der Waals surface area contributed by atoms with Crippen LogP contribution in [0.1, 0.15) is 22.5 Å². The summed E-state index contributed by atoms with van der Waals surface area (Å²) in [5.74, 6) is -0.632. The molecule has 136 valence electrons. The topological polar surface area (TPSA) is 95.2 Å². The molecule has 0 bridgehead atoms. The van der Waals surface area contributed by atoms with Crippen LogP contribution in [-0.2, 0) is 4.79 Å². The number of carbonyl (C=O) groups excluding carboxylic acids is 2. The molecule has 0 radical (unpaired) electrons. The number of nitrogens with zero attached hydrogens (tertiary/aromatic N) is 2. The number of hydrogen-bond acceptors (Lipinski definition) is 4. The minimum absolute atomic E-state index is 0.104. The van der Waals surface area contributed by atoms with Crippen molar-refractivity contribution in [3.63, 3.8) is 0 Å². The van der Waals surface area contributed by atoms with Gasteiger partial charge in [0.15, 0.2) is 5.69 Å². The van der Waals surface area contributed by atoms with E-state index in [0.29, 0.717) is 23.7 Å². The van der Waals surface area contributed by atoms with Gasteiger partial charge in [-0.05, 0) is 31.5 Å². The van der Waals surface area contributed by atoms with Crippen LogP contribution in [0.3, 0.4) is 0 Å². The fourth-order valence-electron chi connectivity index (χ4n) is 3.31. The zero-order valence-corrected chi connectivity index (χ0v) is 14.7. The minimum atomic E-state index is -0.619. The quantitative estimate of drug-likeness (QED) is 0.742. The van der Waals surface area contributed by atoms with Crippen molar-refractivity contribution in [1.82, 2.24) is 15.5 Å². The summed E-state index contributed by atoms with van der Waals surface area (Å²) in [5, 5.41) is 9.82. The SMILES string of the molecule is Cc1ccc(N2CCC(NC(=O)c3n[nH]c(=O)c4ccccc34)C2=O)cc1. The number of rotatable bonds is 3. The predicted octanol–water partition coefficient (Wildman–Crippen LogP) is 1.77. The Kier molecular flexibility index (Phi) is 4.19. The number of fused-ring (bicyclic) bond motifs is 1. The van der Waals surface area contributed by atoms with Gasteiger partial charge in [-0.2, -0.15) is 5.10 Å². The molecular weight excluding hydrogens is 344 g/mol. The van der Waals surface area contributed by atoms with Gasteiger partial charge in [-0.1, -0.05) is 35.9 Å². The molecule has 1 unspecified atom stereocenters. The summed E-state index contributed by atoms with van der Waals surface area (Å²) < 4.78 is 0. The molecule has 1 aromatic heterocycles. The summed E-state index contributed by atoms with van der Waals surface area (Å²) in [6.07, 6.45) is 0.514. The second-order valence-corrected chi connectivity index (χ2v) is 6.59. The number of aromatic nitrogens is 2. The predicted molar refractivity (Wildman–Crippen MR) is 102 cm³/mol. The van der Waals surface area contributed by atoms with Gasteiger partial charge < -0.3 is 10.2 Å². The summed E-state index contributed by atoms with van der Waals surface area (Å²) in [6.45, 7) is 2.52. The van der Waals surface area contributed by atoms with Crippen LogP contribution < -0.4 is 15.8 Å². The van der Waals surface area contributed by atoms with E-state index in [1.54, 1.807) is 29.2 Å². The molecule has 2 aromatic carbocycles. The fraction of sp³-hybridized carbons (Fsp3) is 0.200. The summed E-state index contributed by atoms with van der Waals surface area (Å²) >= 11 is 0. The molecule has 1 fully saturated rings. The zero-order chi connectivity index (χ0) is 19.0. The molecule has 1 aliphatic rings. The van der Waals surface area contributed by atoms with Gasteiger partial charge in [0.05, 0.1) is 5.39 Å². The second-order valence-electron chi connectivity index (χ2n) is 6.59. The van der Waals surface area contributed by atoms with Crippen molar-refractivity contribution in [2.24, 2.45) is 0 Å². The number of aryl methyl sites for hydroxylation is 1. The van der Waals surface area contributed by atoms with Crippen molar-refractivity contribution in [3.8, 4) is 0 Å². The highest BCUT2D eigenvalue weighted by Gasteiger charge is 2.34. The van der Waals surface area contributed by atoms with Gasteiger partial charge in [0.1, 0.15) is 6.04 Å². The molecule has 4 rings (SSSR count). The van der Waals surface area contributed by atoms with Gasteiger partial charge in [0, 0.05) is 17.6 Å². The Bertz CT molecular complexity index is 1090. The average Bonchev–Trinajstić information content (AvgIpc) is 3.03. The molecule has 1 atom stereocenters. The Morgan fingerprint density at radius 3 is 2.56 bits per heavy atom. The molecule has 0 aliphatic carbocycles. The lowest BCUT2D eigenvalue weighted by Crippen LogP contribution is -2.42. The maximum Gasteiger partial charge on any atom is 0.273 e. The smallest absolute Gasteiger partial charge is 0.273 e. The number of nitrogens with one attached hydrogen (secondary N) is 2. The normalized spacial score (nSPS) is 16.7. The maximum atomic E-state index is 12.7. The van der Waals surface area contributed by atoms with E-state index in [9.17, 15) is 14.4 Å². The van der Waals surface area contributed by atoms with Crippen LogP contribution in [0, 0.1) is 6.92 Å². The number of amides is 2. The summed E-state index contributed by atoms with van der Waals surface area (Å²) in [4.78, 5) is 38.9. The van der Waals surface area contributed by atoms with Gasteiger partial charge >= 0.3 is 0 Å². The van der Waals surface area contributed by atoms with Gasteiger partial charge in [-0.15, -0.1) is 0 Å². The number of benzene rings is 2. The van der Waals surface area contributed by atoms with Crippen LogP contribution in [0.4, 0.5) is 5.69 Å². The number of anilines is 1. The third-order valence-corrected chi connectivity index (χ3v) is 4.77. The summed E-state index contributed by atoms with van der Waals surface area (Å²) in [5.41, 5.74) is 1.68. The Balaban J connectivity index is 1.56. The largest absolute Gasteiger partial charge is 0.339 e. The first kappa shape index (κ1) is 17.0. The molecule has 1 saturated heterocycles. The van der Waals surface area contributed by atoms with E-state index in [0.717, 1.165) is 11.3 Å². The Labute approximate surface area is 155 Å². The number of H-pyrrole nitrogens is 1. The lowest BCUT2D eigenvalue weighted by Gasteiger charge is -2.17. The third-order valence-electron chi connectivity index (χ3n) is 4.77. The maximum absolute atomic E-state index is 12.7. The molecule has 0 saturated carbocycles. The Morgan fingerprint density at radius 1 is 1.11 bits per heavy atom. The number of hydrogen-bond donors (Lipinski definition) is 2. The first-order valence-electron chi connectivity index (χ1n) is 8.71. The molecule has 2 heterocycles. The second kappa shape index (κ2) is 6.68. The molecule has 2 N–H and O–H groups in total. The number of aromatic amines is 1. The highest BCUT2D eigenvalue weighted by molar-refractivity contribution is 6.08. The van der Waals surface area contributed by atoms with Gasteiger partial charge in [0.25, 0.3) is 11.5 Å². The Hall–Kier alpha value is -3.48. The first-order valence-corrected chi connectivity index (χ1v) is 8.71. The molecule has 2 amide bonds. The van der Waals surface area contributed by atoms with Gasteiger partial charge in [0.2, 0.25) is 5.91 Å². The molecule has 7 heteroatoms. The van der Waals surface area contributed by atoms with E-state index < -0.39 is 11.9 Å². The van der Waals surface area contributed by atoms with Crippen molar-refractivity contribution in [2.45, 2.75) is 19.4 Å². The third kappa shape index (κ3) is 3.08. The molecule has 3 aromatic rings. The van der Waals surface area contributed by atoms with Gasteiger partial charge in [-0.3, -0.25) is 14.4 Å². The highest BCUT2D eigenvalue weighted by atomic mass is 16.2. The van der Waals surface area contributed by atoms with Crippen LogP contribution in [-0.4, -0.2) is 34.6 Å². The van der Waals surface area contributed by atoms with Crippen LogP contribution in [0.5, 0.6) is 0 Å². The van der Waals surface area contributed by atoms with Crippen molar-refractivity contribution >= 4 is 28.3 Å². The lowest BCUT2D eigenvalue weighted by molar-refractivity contribution is -0.118. The average molecular weight is 362 g/mol. The molecule has 27 heavy (non-hydrogen) atoms. The van der Waals surface area contributed by atoms with Crippen LogP contribution in [0.15, 0.2) is 53.3 Å². The summed E-state index contributed by atoms with van der Waals surface area (Å²) in [6, 6.07) is 13.8. The van der Waals surface area contributed by atoms with Gasteiger partial charge in [-0.25, -0.2) is 5.10 Å². The van der Waals surface area contributed by atoms with E-state index in [-0.39, 0.29) is 17.2 Å². The van der Waals surface area contributed by atoms with Crippen molar-refractivity contribution in [2.75, 3.05) is 11.4 Å². The first-order chi connectivity index (χ1) is 13.0. The van der Waals surface area contributed by atoms with Crippen molar-refractivity contribution in [3.05, 3.63) is 70.1 Å². The van der Waals surface area contributed by atoms with E-state index in [4.69, 9.17) is 0 Å². The van der Waals surface area contributed by atoms with E-state index >= 15 is 0 Å². The van der Waals surface area contributed by atoms with Crippen LogP contribution >= 0.6 is 0 Å². The van der Waals surface area contributed by atoms with Crippen LogP contribution in [0.2, 0.25) is 0 Å². The standard InChI is InChI=1S/C20H18N4O3/c1-12-6-8-13(9-7-12)24-11-10-16(20(24)27)21-19(26)17-14-4-2-3-5-15(14)18(25)23-22-17/h2-9,16H,10-11H2,1H3,(H,21,26)(H,23,25). The molecule has 7 nitrogen and oxygen atoms in total. The van der Waals surface area contributed by atoms with E-state index in [1.165, 1.54) is 0 Å². The molecule has 1 aliphatic heterocycles. The fourth-order valence-corrected chi connectivity index (χ4v) is 3.31. The zero-order valence-electron chi connectivity index (χ0n) is 14.7. The molecular formula is C20H18N4O3. The van der Waals surface area contributed by atoms with E-state index in [1.807, 2.05) is 31.2 Å². The molecule has 0 spiro atoms. The monoisotopic (exact) mass is 362 g/mol. The van der Waals surface area contributed by atoms with Crippen LogP contribution in [0.25, 0.3) is 10.8 Å². The number of carbonyl (C=O) groups is 2.